The van der Waals surface area contributed by atoms with Crippen LogP contribution in [0.3, 0.4) is 0 Å². The summed E-state index contributed by atoms with van der Waals surface area (Å²) < 4.78 is 34.5. The molecular weight excluding hydrogens is 538 g/mol. The average molecular weight is 566 g/mol. The first-order valence-corrected chi connectivity index (χ1v) is 13.2. The number of hydrogen-bond acceptors (Lipinski definition) is 9. The lowest BCUT2D eigenvalue weighted by atomic mass is 9.84. The monoisotopic (exact) mass is 565 g/mol. The van der Waals surface area contributed by atoms with E-state index in [0.29, 0.717) is 51.2 Å². The van der Waals surface area contributed by atoms with Crippen molar-refractivity contribution in [2.45, 2.75) is 18.9 Å². The zero-order valence-electron chi connectivity index (χ0n) is 23.2. The molecule has 3 heterocycles. The highest BCUT2D eigenvalue weighted by atomic mass is 16.5. The van der Waals surface area contributed by atoms with Gasteiger partial charge in [0.05, 0.1) is 39.0 Å². The van der Waals surface area contributed by atoms with Gasteiger partial charge in [-0.3, -0.25) is 14.6 Å². The van der Waals surface area contributed by atoms with E-state index >= 15 is 0 Å². The number of benzene rings is 3. The van der Waals surface area contributed by atoms with E-state index in [0.717, 1.165) is 11.3 Å². The fourth-order valence-electron chi connectivity index (χ4n) is 5.29. The number of pyridine rings is 1. The number of aromatic nitrogens is 1. The van der Waals surface area contributed by atoms with Crippen molar-refractivity contribution in [1.82, 2.24) is 4.98 Å². The molecule has 9 heteroatoms. The molecule has 212 valence electrons. The van der Waals surface area contributed by atoms with Crippen molar-refractivity contribution in [2.75, 3.05) is 21.3 Å². The van der Waals surface area contributed by atoms with Crippen LogP contribution in [-0.4, -0.2) is 38.1 Å². The second kappa shape index (κ2) is 11.3. The van der Waals surface area contributed by atoms with Gasteiger partial charge in [0.15, 0.2) is 17.3 Å². The molecule has 1 atom stereocenters. The largest absolute Gasteiger partial charge is 0.493 e. The van der Waals surface area contributed by atoms with Gasteiger partial charge in [-0.05, 0) is 48.5 Å². The molecule has 0 bridgehead atoms. The minimum absolute atomic E-state index is 0.0491. The number of ether oxygens (including phenoxy) is 6. The Labute approximate surface area is 242 Å². The minimum Gasteiger partial charge on any atom is -0.493 e. The first-order valence-electron chi connectivity index (χ1n) is 13.2. The molecule has 3 aromatic carbocycles. The predicted molar refractivity (Wildman–Crippen MR) is 153 cm³/mol. The van der Waals surface area contributed by atoms with E-state index in [1.165, 1.54) is 21.3 Å². The van der Waals surface area contributed by atoms with Crippen LogP contribution in [0.15, 0.2) is 78.7 Å². The average Bonchev–Trinajstić information content (AvgIpc) is 3.34. The number of para-hydroxylation sites is 1. The molecule has 0 saturated carbocycles. The molecule has 0 fully saturated rings. The van der Waals surface area contributed by atoms with Crippen molar-refractivity contribution in [3.63, 3.8) is 0 Å². The molecule has 0 N–H and O–H groups in total. The summed E-state index contributed by atoms with van der Waals surface area (Å²) in [5.41, 5.74) is 3.09. The molecule has 0 spiro atoms. The summed E-state index contributed by atoms with van der Waals surface area (Å²) in [4.78, 5) is 30.6. The highest BCUT2D eigenvalue weighted by Gasteiger charge is 2.39. The van der Waals surface area contributed by atoms with E-state index in [1.54, 1.807) is 36.5 Å². The summed E-state index contributed by atoms with van der Waals surface area (Å²) in [5, 5.41) is 0. The Morgan fingerprint density at radius 1 is 0.857 bits per heavy atom. The number of hydrogen-bond donors (Lipinski definition) is 0. The number of methoxy groups -OCH3 is 3. The van der Waals surface area contributed by atoms with Crippen molar-refractivity contribution < 1.29 is 38.0 Å². The Hall–Kier alpha value is -5.31. The third-order valence-electron chi connectivity index (χ3n) is 7.20. The van der Waals surface area contributed by atoms with Gasteiger partial charge in [-0.15, -0.1) is 0 Å². The molecule has 0 aliphatic carbocycles. The second-order valence-corrected chi connectivity index (χ2v) is 9.60. The topological polar surface area (TPSA) is 102 Å². The Kier molecular flexibility index (Phi) is 7.23. The SMILES string of the molecule is COc1ccc(C=C2Oc3c(ccc4c3C(c3ccccc3OCc3ccccn3)CC(=O)O4)C2=O)c(OC)c1OC. The molecule has 4 aromatic rings. The molecule has 9 nitrogen and oxygen atoms in total. The Balaban J connectivity index is 1.40. The smallest absolute Gasteiger partial charge is 0.312 e. The number of allylic oxidation sites excluding steroid dienone is 1. The van der Waals surface area contributed by atoms with E-state index in [-0.39, 0.29) is 30.5 Å². The lowest BCUT2D eigenvalue weighted by Gasteiger charge is -2.27. The number of rotatable bonds is 8. The predicted octanol–water partition coefficient (Wildman–Crippen LogP) is 5.74. The van der Waals surface area contributed by atoms with Gasteiger partial charge in [-0.1, -0.05) is 24.3 Å². The molecule has 2 aliphatic rings. The van der Waals surface area contributed by atoms with Gasteiger partial charge >= 0.3 is 5.97 Å². The molecular formula is C33H27NO8. The van der Waals surface area contributed by atoms with Gasteiger partial charge < -0.3 is 28.4 Å². The Bertz CT molecular complexity index is 1710. The van der Waals surface area contributed by atoms with Gasteiger partial charge in [0, 0.05) is 28.8 Å². The molecule has 0 radical (unpaired) electrons. The Morgan fingerprint density at radius 3 is 2.43 bits per heavy atom. The van der Waals surface area contributed by atoms with E-state index in [4.69, 9.17) is 28.4 Å². The van der Waals surface area contributed by atoms with Crippen molar-refractivity contribution in [2.24, 2.45) is 0 Å². The van der Waals surface area contributed by atoms with Crippen LogP contribution < -0.4 is 28.4 Å². The fourth-order valence-corrected chi connectivity index (χ4v) is 5.29. The second-order valence-electron chi connectivity index (χ2n) is 9.60. The van der Waals surface area contributed by atoms with Crippen molar-refractivity contribution in [3.8, 4) is 34.5 Å². The van der Waals surface area contributed by atoms with E-state index in [9.17, 15) is 9.59 Å². The summed E-state index contributed by atoms with van der Waals surface area (Å²) >= 11 is 0. The van der Waals surface area contributed by atoms with Crippen LogP contribution in [-0.2, 0) is 11.4 Å². The Morgan fingerprint density at radius 2 is 1.67 bits per heavy atom. The van der Waals surface area contributed by atoms with E-state index in [1.807, 2.05) is 42.5 Å². The molecule has 0 amide bonds. The summed E-state index contributed by atoms with van der Waals surface area (Å²) in [6, 6.07) is 19.8. The minimum atomic E-state index is -0.473. The maximum Gasteiger partial charge on any atom is 0.312 e. The molecule has 2 aliphatic heterocycles. The van der Waals surface area contributed by atoms with Crippen LogP contribution in [0.5, 0.6) is 34.5 Å². The number of Topliss-reactive ketones (excluding diaryl/α,β-unsaturated/α-hetero) is 1. The van der Waals surface area contributed by atoms with Crippen LogP contribution >= 0.6 is 0 Å². The molecule has 6 rings (SSSR count). The zero-order valence-corrected chi connectivity index (χ0v) is 23.2. The van der Waals surface area contributed by atoms with Crippen LogP contribution in [0, 0.1) is 0 Å². The van der Waals surface area contributed by atoms with Crippen LogP contribution in [0.25, 0.3) is 6.08 Å². The number of carbonyl (C=O) groups excluding carboxylic acids is 2. The maximum atomic E-state index is 13.6. The number of esters is 1. The summed E-state index contributed by atoms with van der Waals surface area (Å²) in [5.74, 6) is 1.49. The number of carbonyl (C=O) groups is 2. The van der Waals surface area contributed by atoms with Gasteiger partial charge in [0.2, 0.25) is 11.5 Å². The fraction of sp³-hybridized carbons (Fsp3) is 0.182. The van der Waals surface area contributed by atoms with Crippen LogP contribution in [0.4, 0.5) is 0 Å². The van der Waals surface area contributed by atoms with Gasteiger partial charge in [0.1, 0.15) is 23.9 Å². The van der Waals surface area contributed by atoms with Crippen LogP contribution in [0.1, 0.15) is 45.1 Å². The molecule has 42 heavy (non-hydrogen) atoms. The highest BCUT2D eigenvalue weighted by Crippen LogP contribution is 2.51. The normalized spacial score (nSPS) is 16.3. The lowest BCUT2D eigenvalue weighted by Crippen LogP contribution is -2.22. The van der Waals surface area contributed by atoms with Crippen molar-refractivity contribution in [1.29, 1.82) is 0 Å². The van der Waals surface area contributed by atoms with Gasteiger partial charge in [0.25, 0.3) is 0 Å². The quantitative estimate of drug-likeness (QED) is 0.150. The first-order chi connectivity index (χ1) is 20.5. The number of fused-ring (bicyclic) bond motifs is 3. The van der Waals surface area contributed by atoms with Crippen molar-refractivity contribution >= 4 is 17.8 Å². The van der Waals surface area contributed by atoms with Gasteiger partial charge in [-0.25, -0.2) is 0 Å². The summed E-state index contributed by atoms with van der Waals surface area (Å²) in [6.07, 6.45) is 3.36. The maximum absolute atomic E-state index is 13.6. The zero-order chi connectivity index (χ0) is 29.2. The number of ketones is 1. The first kappa shape index (κ1) is 26.9. The van der Waals surface area contributed by atoms with Gasteiger partial charge in [-0.2, -0.15) is 0 Å². The summed E-state index contributed by atoms with van der Waals surface area (Å²) in [7, 11) is 4.55. The third kappa shape index (κ3) is 4.79. The third-order valence-corrected chi connectivity index (χ3v) is 7.20. The van der Waals surface area contributed by atoms with E-state index < -0.39 is 5.92 Å². The lowest BCUT2D eigenvalue weighted by molar-refractivity contribution is -0.135. The highest BCUT2D eigenvalue weighted by molar-refractivity contribution is 6.15. The molecule has 1 aromatic heterocycles. The number of nitrogens with zero attached hydrogens (tertiary/aromatic N) is 1. The summed E-state index contributed by atoms with van der Waals surface area (Å²) in [6.45, 7) is 0.254. The molecule has 0 saturated heterocycles. The van der Waals surface area contributed by atoms with E-state index in [2.05, 4.69) is 4.98 Å². The standard InChI is InChI=1S/C33H27NO8/c1-37-26-13-11-19(31(38-2)33(26)39-3)16-27-30(36)22-12-14-25-29(32(22)42-27)23(17-28(35)41-25)21-9-4-5-10-24(21)40-18-20-8-6-7-15-34-20/h4-16,23H,17-18H2,1-3H3. The van der Waals surface area contributed by atoms with Crippen LogP contribution in [0.2, 0.25) is 0 Å². The molecule has 1 unspecified atom stereocenters. The van der Waals surface area contributed by atoms with Crippen molar-refractivity contribution in [3.05, 3.63) is 107 Å².